The minimum absolute atomic E-state index is 0.170. The molecular formula is C8H13N3O2. The molecule has 0 atom stereocenters. The van der Waals surface area contributed by atoms with E-state index >= 15 is 0 Å². The van der Waals surface area contributed by atoms with Crippen LogP contribution in [0.2, 0.25) is 0 Å². The lowest BCUT2D eigenvalue weighted by Gasteiger charge is -2.01. The molecule has 13 heavy (non-hydrogen) atoms. The standard InChI is InChI=1S/C8H13N3O2/c1-6-7(5-11(2)10-6)9-4-8(12)13-3/h5,9H,4H2,1-3H3. The van der Waals surface area contributed by atoms with Gasteiger partial charge in [-0.25, -0.2) is 0 Å². The van der Waals surface area contributed by atoms with Crippen LogP contribution >= 0.6 is 0 Å². The number of carbonyl (C=O) groups excluding carboxylic acids is 1. The van der Waals surface area contributed by atoms with Gasteiger partial charge in [-0.15, -0.1) is 0 Å². The van der Waals surface area contributed by atoms with Crippen LogP contribution in [-0.2, 0) is 16.6 Å². The zero-order valence-electron chi connectivity index (χ0n) is 8.00. The van der Waals surface area contributed by atoms with Crippen molar-refractivity contribution in [2.75, 3.05) is 19.0 Å². The minimum Gasteiger partial charge on any atom is -0.468 e. The van der Waals surface area contributed by atoms with Crippen molar-refractivity contribution in [1.82, 2.24) is 9.78 Å². The summed E-state index contributed by atoms with van der Waals surface area (Å²) in [7, 11) is 3.19. The monoisotopic (exact) mass is 183 g/mol. The van der Waals surface area contributed by atoms with Crippen molar-refractivity contribution in [1.29, 1.82) is 0 Å². The number of methoxy groups -OCH3 is 1. The lowest BCUT2D eigenvalue weighted by atomic mass is 10.4. The third-order valence-corrected chi connectivity index (χ3v) is 1.66. The maximum Gasteiger partial charge on any atom is 0.325 e. The summed E-state index contributed by atoms with van der Waals surface area (Å²) in [5.41, 5.74) is 1.72. The molecule has 0 unspecified atom stereocenters. The van der Waals surface area contributed by atoms with E-state index < -0.39 is 0 Å². The molecule has 0 amide bonds. The summed E-state index contributed by atoms with van der Waals surface area (Å²) in [6.45, 7) is 2.04. The van der Waals surface area contributed by atoms with E-state index in [0.29, 0.717) is 0 Å². The Morgan fingerprint density at radius 1 is 1.77 bits per heavy atom. The molecule has 0 aromatic carbocycles. The average molecular weight is 183 g/mol. The molecule has 0 radical (unpaired) electrons. The normalized spacial score (nSPS) is 9.77. The Balaban J connectivity index is 2.54. The van der Waals surface area contributed by atoms with E-state index in [0.717, 1.165) is 11.4 Å². The molecule has 0 aliphatic carbocycles. The fourth-order valence-electron chi connectivity index (χ4n) is 1.01. The lowest BCUT2D eigenvalue weighted by Crippen LogP contribution is -2.15. The first-order valence-corrected chi connectivity index (χ1v) is 3.94. The fraction of sp³-hybridized carbons (Fsp3) is 0.500. The summed E-state index contributed by atoms with van der Waals surface area (Å²) in [5.74, 6) is -0.289. The number of carbonyl (C=O) groups is 1. The molecule has 1 heterocycles. The summed E-state index contributed by atoms with van der Waals surface area (Å²) in [4.78, 5) is 10.8. The van der Waals surface area contributed by atoms with Crippen LogP contribution < -0.4 is 5.32 Å². The largest absolute Gasteiger partial charge is 0.468 e. The first kappa shape index (κ1) is 9.57. The van der Waals surface area contributed by atoms with Crippen molar-refractivity contribution < 1.29 is 9.53 Å². The zero-order chi connectivity index (χ0) is 9.84. The number of hydrogen-bond donors (Lipinski definition) is 1. The molecule has 0 fully saturated rings. The molecule has 0 bridgehead atoms. The van der Waals surface area contributed by atoms with Crippen LogP contribution in [0.3, 0.4) is 0 Å². The molecule has 1 N–H and O–H groups in total. The molecule has 0 saturated heterocycles. The van der Waals surface area contributed by atoms with Crippen LogP contribution in [0.5, 0.6) is 0 Å². The van der Waals surface area contributed by atoms with E-state index in [1.807, 2.05) is 20.2 Å². The maximum atomic E-state index is 10.8. The van der Waals surface area contributed by atoms with E-state index in [1.54, 1.807) is 4.68 Å². The van der Waals surface area contributed by atoms with E-state index in [4.69, 9.17) is 0 Å². The summed E-state index contributed by atoms with van der Waals surface area (Å²) in [6, 6.07) is 0. The second kappa shape index (κ2) is 3.93. The van der Waals surface area contributed by atoms with Gasteiger partial charge in [-0.2, -0.15) is 5.10 Å². The molecule has 0 aliphatic rings. The van der Waals surface area contributed by atoms with Gasteiger partial charge in [0.05, 0.1) is 18.5 Å². The number of nitrogens with one attached hydrogen (secondary N) is 1. The van der Waals surface area contributed by atoms with E-state index in [-0.39, 0.29) is 12.5 Å². The third-order valence-electron chi connectivity index (χ3n) is 1.66. The first-order valence-electron chi connectivity index (χ1n) is 3.94. The number of aryl methyl sites for hydroxylation is 2. The van der Waals surface area contributed by atoms with Gasteiger partial charge in [-0.1, -0.05) is 0 Å². The van der Waals surface area contributed by atoms with Crippen LogP contribution in [0.4, 0.5) is 5.69 Å². The second-order valence-corrected chi connectivity index (χ2v) is 2.73. The highest BCUT2D eigenvalue weighted by atomic mass is 16.5. The maximum absolute atomic E-state index is 10.8. The molecule has 1 rings (SSSR count). The Morgan fingerprint density at radius 3 is 2.92 bits per heavy atom. The van der Waals surface area contributed by atoms with E-state index in [9.17, 15) is 4.79 Å². The van der Waals surface area contributed by atoms with E-state index in [2.05, 4.69) is 15.2 Å². The van der Waals surface area contributed by atoms with Gasteiger partial charge in [0.2, 0.25) is 0 Å². The summed E-state index contributed by atoms with van der Waals surface area (Å²) in [6.07, 6.45) is 1.82. The SMILES string of the molecule is COC(=O)CNc1cn(C)nc1C. The van der Waals surface area contributed by atoms with Crippen molar-refractivity contribution >= 4 is 11.7 Å². The van der Waals surface area contributed by atoms with Crippen molar-refractivity contribution in [3.63, 3.8) is 0 Å². The van der Waals surface area contributed by atoms with Gasteiger partial charge >= 0.3 is 5.97 Å². The van der Waals surface area contributed by atoms with Crippen molar-refractivity contribution in [3.05, 3.63) is 11.9 Å². The number of aromatic nitrogens is 2. The highest BCUT2D eigenvalue weighted by molar-refractivity contribution is 5.74. The third kappa shape index (κ3) is 2.47. The second-order valence-electron chi connectivity index (χ2n) is 2.73. The van der Waals surface area contributed by atoms with Gasteiger partial charge in [0.15, 0.2) is 0 Å². The number of nitrogens with zero attached hydrogens (tertiary/aromatic N) is 2. The van der Waals surface area contributed by atoms with Crippen LogP contribution in [-0.4, -0.2) is 29.4 Å². The number of ether oxygens (including phenoxy) is 1. The van der Waals surface area contributed by atoms with Gasteiger partial charge in [0.25, 0.3) is 0 Å². The molecule has 0 saturated carbocycles. The minimum atomic E-state index is -0.289. The molecule has 5 heteroatoms. The Hall–Kier alpha value is -1.52. The molecule has 1 aromatic heterocycles. The van der Waals surface area contributed by atoms with Crippen molar-refractivity contribution in [3.8, 4) is 0 Å². The van der Waals surface area contributed by atoms with Crippen LogP contribution in [0.15, 0.2) is 6.20 Å². The highest BCUT2D eigenvalue weighted by Gasteiger charge is 2.04. The molecule has 72 valence electrons. The van der Waals surface area contributed by atoms with Crippen molar-refractivity contribution in [2.24, 2.45) is 7.05 Å². The molecule has 1 aromatic rings. The topological polar surface area (TPSA) is 56.1 Å². The van der Waals surface area contributed by atoms with Crippen LogP contribution in [0.25, 0.3) is 0 Å². The number of anilines is 1. The van der Waals surface area contributed by atoms with Gasteiger partial charge in [0.1, 0.15) is 6.54 Å². The fourth-order valence-corrected chi connectivity index (χ4v) is 1.01. The van der Waals surface area contributed by atoms with E-state index in [1.165, 1.54) is 7.11 Å². The lowest BCUT2D eigenvalue weighted by molar-refractivity contribution is -0.138. The predicted octanol–water partition coefficient (Wildman–Crippen LogP) is 0.313. The molecule has 5 nitrogen and oxygen atoms in total. The van der Waals surface area contributed by atoms with Gasteiger partial charge in [-0.3, -0.25) is 9.48 Å². The zero-order valence-corrected chi connectivity index (χ0v) is 8.00. The molecular weight excluding hydrogens is 170 g/mol. The molecule has 0 spiro atoms. The van der Waals surface area contributed by atoms with Gasteiger partial charge in [-0.05, 0) is 6.92 Å². The van der Waals surface area contributed by atoms with Crippen LogP contribution in [0, 0.1) is 6.92 Å². The Kier molecular flexibility index (Phi) is 2.89. The first-order chi connectivity index (χ1) is 6.13. The Bertz CT molecular complexity index is 306. The predicted molar refractivity (Wildman–Crippen MR) is 48.5 cm³/mol. The Morgan fingerprint density at radius 2 is 2.46 bits per heavy atom. The smallest absolute Gasteiger partial charge is 0.325 e. The van der Waals surface area contributed by atoms with Gasteiger partial charge in [0, 0.05) is 13.2 Å². The van der Waals surface area contributed by atoms with Crippen LogP contribution in [0.1, 0.15) is 5.69 Å². The summed E-state index contributed by atoms with van der Waals surface area (Å²) in [5, 5.41) is 7.04. The quantitative estimate of drug-likeness (QED) is 0.685. The summed E-state index contributed by atoms with van der Waals surface area (Å²) < 4.78 is 6.18. The highest BCUT2D eigenvalue weighted by Crippen LogP contribution is 2.10. The Labute approximate surface area is 76.7 Å². The molecule has 0 aliphatic heterocycles. The van der Waals surface area contributed by atoms with Crippen molar-refractivity contribution in [2.45, 2.75) is 6.92 Å². The number of hydrogen-bond acceptors (Lipinski definition) is 4. The average Bonchev–Trinajstić information content (AvgIpc) is 2.41. The summed E-state index contributed by atoms with van der Waals surface area (Å²) >= 11 is 0. The van der Waals surface area contributed by atoms with Gasteiger partial charge < -0.3 is 10.1 Å². The number of esters is 1. The number of rotatable bonds is 3.